The first-order valence-electron chi connectivity index (χ1n) is 5.71. The third-order valence-corrected chi connectivity index (χ3v) is 3.06. The van der Waals surface area contributed by atoms with Gasteiger partial charge >= 0.3 is 6.09 Å². The van der Waals surface area contributed by atoms with Crippen molar-refractivity contribution < 1.29 is 15.0 Å². The van der Waals surface area contributed by atoms with Crippen molar-refractivity contribution >= 4 is 6.09 Å². The van der Waals surface area contributed by atoms with E-state index in [1.54, 1.807) is 0 Å². The van der Waals surface area contributed by atoms with E-state index in [9.17, 15) is 15.0 Å². The summed E-state index contributed by atoms with van der Waals surface area (Å²) in [6.45, 7) is 7.17. The molecule has 0 bridgehead atoms. The Balaban J connectivity index is 2.87. The monoisotopic (exact) mass is 230 g/mol. The lowest BCUT2D eigenvalue weighted by Gasteiger charge is -2.44. The number of hydrogen-bond acceptors (Lipinski definition) is 3. The molecule has 5 heteroatoms. The number of carboxylic acid groups (broad SMARTS) is 1. The molecule has 1 amide bonds. The zero-order valence-electron chi connectivity index (χ0n) is 10.2. The molecular weight excluding hydrogens is 208 g/mol. The fourth-order valence-electron chi connectivity index (χ4n) is 2.36. The molecule has 1 aliphatic heterocycles. The van der Waals surface area contributed by atoms with Crippen molar-refractivity contribution in [3.8, 4) is 0 Å². The number of nitrogens with zero attached hydrogens (tertiary/aromatic N) is 1. The molecule has 0 saturated carbocycles. The van der Waals surface area contributed by atoms with Crippen LogP contribution in [0.4, 0.5) is 4.79 Å². The van der Waals surface area contributed by atoms with Crippen molar-refractivity contribution in [3.63, 3.8) is 0 Å². The van der Waals surface area contributed by atoms with Gasteiger partial charge in [0.2, 0.25) is 0 Å². The molecule has 0 radical (unpaired) electrons. The second kappa shape index (κ2) is 5.01. The summed E-state index contributed by atoms with van der Waals surface area (Å²) in [7, 11) is 0. The van der Waals surface area contributed by atoms with Gasteiger partial charge in [-0.2, -0.15) is 0 Å². The maximum Gasteiger partial charge on any atom is 0.407 e. The quantitative estimate of drug-likeness (QED) is 0.654. The van der Waals surface area contributed by atoms with Crippen LogP contribution in [0.3, 0.4) is 0 Å². The second-order valence-corrected chi connectivity index (χ2v) is 5.33. The molecule has 0 aromatic carbocycles. The highest BCUT2D eigenvalue weighted by Gasteiger charge is 2.38. The van der Waals surface area contributed by atoms with Crippen LogP contribution in [0, 0.1) is 5.92 Å². The van der Waals surface area contributed by atoms with Crippen molar-refractivity contribution in [2.45, 2.75) is 38.8 Å². The van der Waals surface area contributed by atoms with Crippen LogP contribution in [-0.4, -0.2) is 52.5 Å². The zero-order valence-corrected chi connectivity index (χ0v) is 10.2. The molecule has 5 nitrogen and oxygen atoms in total. The lowest BCUT2D eigenvalue weighted by atomic mass is 9.89. The van der Waals surface area contributed by atoms with Gasteiger partial charge in [-0.15, -0.1) is 0 Å². The van der Waals surface area contributed by atoms with Crippen molar-refractivity contribution in [2.75, 3.05) is 19.7 Å². The van der Waals surface area contributed by atoms with E-state index in [4.69, 9.17) is 0 Å². The molecule has 0 aromatic rings. The van der Waals surface area contributed by atoms with Gasteiger partial charge in [0.15, 0.2) is 0 Å². The second-order valence-electron chi connectivity index (χ2n) is 5.33. The van der Waals surface area contributed by atoms with Crippen LogP contribution >= 0.6 is 0 Å². The number of carbonyl (C=O) groups is 1. The molecule has 0 unspecified atom stereocenters. The van der Waals surface area contributed by atoms with E-state index in [0.29, 0.717) is 6.54 Å². The molecule has 1 saturated heterocycles. The summed E-state index contributed by atoms with van der Waals surface area (Å²) in [5.74, 6) is -0.0101. The van der Waals surface area contributed by atoms with Crippen LogP contribution in [-0.2, 0) is 0 Å². The summed E-state index contributed by atoms with van der Waals surface area (Å²) in [5.41, 5.74) is -0.429. The van der Waals surface area contributed by atoms with E-state index in [-0.39, 0.29) is 18.6 Å². The molecular formula is C11H22N2O3. The number of aliphatic hydroxyl groups excluding tert-OH is 1. The maximum absolute atomic E-state index is 11.3. The van der Waals surface area contributed by atoms with Crippen LogP contribution in [0.15, 0.2) is 0 Å². The van der Waals surface area contributed by atoms with E-state index in [1.807, 2.05) is 20.8 Å². The fourth-order valence-corrected chi connectivity index (χ4v) is 2.36. The Morgan fingerprint density at radius 1 is 1.50 bits per heavy atom. The summed E-state index contributed by atoms with van der Waals surface area (Å²) in [4.78, 5) is 12.8. The number of nitrogens with one attached hydrogen (secondary N) is 1. The van der Waals surface area contributed by atoms with Crippen LogP contribution in [0.1, 0.15) is 27.2 Å². The Morgan fingerprint density at radius 3 is 2.56 bits per heavy atom. The van der Waals surface area contributed by atoms with Crippen LogP contribution in [0.2, 0.25) is 0 Å². The fraction of sp³-hybridized carbons (Fsp3) is 0.909. The Bertz CT molecular complexity index is 250. The van der Waals surface area contributed by atoms with Gasteiger partial charge in [-0.05, 0) is 33.7 Å². The van der Waals surface area contributed by atoms with Crippen molar-refractivity contribution in [2.24, 2.45) is 5.92 Å². The van der Waals surface area contributed by atoms with Crippen LogP contribution in [0.25, 0.3) is 0 Å². The molecule has 1 heterocycles. The summed E-state index contributed by atoms with van der Waals surface area (Å²) in [5, 5.41) is 21.8. The number of amides is 1. The molecule has 16 heavy (non-hydrogen) atoms. The maximum atomic E-state index is 11.3. The van der Waals surface area contributed by atoms with E-state index in [0.717, 1.165) is 13.0 Å². The molecule has 1 aliphatic rings. The molecule has 94 valence electrons. The Kier molecular flexibility index (Phi) is 4.15. The topological polar surface area (TPSA) is 72.8 Å². The van der Waals surface area contributed by atoms with Gasteiger partial charge in [0.25, 0.3) is 0 Å². The van der Waals surface area contributed by atoms with E-state index in [1.165, 1.54) is 4.90 Å². The SMILES string of the molecule is CC(C)(C)N(C(=O)O)[C@H]1CCNC[C@@H]1CO. The van der Waals surface area contributed by atoms with Gasteiger partial charge < -0.3 is 20.4 Å². The van der Waals surface area contributed by atoms with Gasteiger partial charge in [0.05, 0.1) is 0 Å². The summed E-state index contributed by atoms with van der Waals surface area (Å²) in [6, 6.07) is -0.0938. The summed E-state index contributed by atoms with van der Waals surface area (Å²) < 4.78 is 0. The Labute approximate surface area is 96.4 Å². The van der Waals surface area contributed by atoms with E-state index < -0.39 is 11.6 Å². The smallest absolute Gasteiger partial charge is 0.407 e. The third kappa shape index (κ3) is 2.86. The summed E-state index contributed by atoms with van der Waals surface area (Å²) in [6.07, 6.45) is -0.146. The first-order valence-corrected chi connectivity index (χ1v) is 5.71. The first-order chi connectivity index (χ1) is 7.38. The molecule has 0 aliphatic carbocycles. The normalized spacial score (nSPS) is 26.5. The highest BCUT2D eigenvalue weighted by Crippen LogP contribution is 2.25. The van der Waals surface area contributed by atoms with Crippen molar-refractivity contribution in [3.05, 3.63) is 0 Å². The predicted octanol–water partition coefficient (Wildman–Crippen LogP) is 0.735. The zero-order chi connectivity index (χ0) is 12.3. The lowest BCUT2D eigenvalue weighted by Crippen LogP contribution is -2.58. The average molecular weight is 230 g/mol. The van der Waals surface area contributed by atoms with Crippen molar-refractivity contribution in [1.29, 1.82) is 0 Å². The Hall–Kier alpha value is -0.810. The predicted molar refractivity (Wildman–Crippen MR) is 61.5 cm³/mol. The highest BCUT2D eigenvalue weighted by molar-refractivity contribution is 5.66. The summed E-state index contributed by atoms with van der Waals surface area (Å²) >= 11 is 0. The van der Waals surface area contributed by atoms with Crippen molar-refractivity contribution in [1.82, 2.24) is 10.2 Å². The molecule has 1 rings (SSSR count). The van der Waals surface area contributed by atoms with E-state index in [2.05, 4.69) is 5.32 Å². The third-order valence-electron chi connectivity index (χ3n) is 3.06. The highest BCUT2D eigenvalue weighted by atomic mass is 16.4. The molecule has 2 atom stereocenters. The average Bonchev–Trinajstić information content (AvgIpc) is 2.15. The van der Waals surface area contributed by atoms with Gasteiger partial charge in [-0.3, -0.25) is 0 Å². The minimum atomic E-state index is -0.905. The molecule has 0 aromatic heterocycles. The number of aliphatic hydroxyl groups is 1. The minimum Gasteiger partial charge on any atom is -0.465 e. The molecule has 1 fully saturated rings. The Morgan fingerprint density at radius 2 is 2.12 bits per heavy atom. The molecule has 3 N–H and O–H groups in total. The van der Waals surface area contributed by atoms with Gasteiger partial charge in [0, 0.05) is 30.7 Å². The molecule has 0 spiro atoms. The van der Waals surface area contributed by atoms with Crippen LogP contribution < -0.4 is 5.32 Å². The van der Waals surface area contributed by atoms with Crippen LogP contribution in [0.5, 0.6) is 0 Å². The van der Waals surface area contributed by atoms with Gasteiger partial charge in [-0.1, -0.05) is 0 Å². The minimum absolute atomic E-state index is 0.0101. The van der Waals surface area contributed by atoms with Gasteiger partial charge in [0.1, 0.15) is 0 Å². The first kappa shape index (κ1) is 13.3. The standard InChI is InChI=1S/C11H22N2O3/c1-11(2,3)13(10(15)16)9-4-5-12-6-8(9)7-14/h8-9,12,14H,4-7H2,1-3H3,(H,15,16)/t8-,9+/m1/s1. The van der Waals surface area contributed by atoms with Gasteiger partial charge in [-0.25, -0.2) is 4.79 Å². The van der Waals surface area contributed by atoms with E-state index >= 15 is 0 Å². The number of hydrogen-bond donors (Lipinski definition) is 3. The number of rotatable bonds is 2. The number of piperidine rings is 1. The lowest BCUT2D eigenvalue weighted by molar-refractivity contribution is 0.0218. The largest absolute Gasteiger partial charge is 0.465 e.